The molecule has 6 heteroatoms. The number of carbonyl (C=O) groups is 1. The summed E-state index contributed by atoms with van der Waals surface area (Å²) in [7, 11) is 0. The maximum atomic E-state index is 12.8. The van der Waals surface area contributed by atoms with Crippen LogP contribution in [0.15, 0.2) is 51.0 Å². The maximum absolute atomic E-state index is 12.8. The molecule has 1 aliphatic rings. The van der Waals surface area contributed by atoms with Gasteiger partial charge in [0.2, 0.25) is 5.91 Å². The van der Waals surface area contributed by atoms with Crippen molar-refractivity contribution >= 4 is 28.3 Å². The summed E-state index contributed by atoms with van der Waals surface area (Å²) in [5.41, 5.74) is 1.19. The highest BCUT2D eigenvalue weighted by molar-refractivity contribution is 7.09. The number of carbonyl (C=O) groups excluding carboxylic acids is 1. The van der Waals surface area contributed by atoms with E-state index in [1.807, 2.05) is 23.1 Å². The van der Waals surface area contributed by atoms with E-state index in [1.165, 1.54) is 9.44 Å². The first kappa shape index (κ1) is 15.2. The lowest BCUT2D eigenvalue weighted by molar-refractivity contribution is -0.132. The zero-order chi connectivity index (χ0) is 16.5. The van der Waals surface area contributed by atoms with Gasteiger partial charge in [0, 0.05) is 17.5 Å². The molecular weight excluding hydrogens is 324 g/mol. The van der Waals surface area contributed by atoms with E-state index in [0.29, 0.717) is 23.7 Å². The standard InChI is InChI=1S/C18H18N2O3S/c21-17(12-20-15-5-1-2-6-16(15)23-18(20)22)19(13-7-8-13)10-9-14-4-3-11-24-14/h1-6,11,13H,7-10,12H2. The lowest BCUT2D eigenvalue weighted by Crippen LogP contribution is -2.38. The molecule has 0 unspecified atom stereocenters. The van der Waals surface area contributed by atoms with E-state index >= 15 is 0 Å². The lowest BCUT2D eigenvalue weighted by atomic mass is 10.3. The molecule has 4 rings (SSSR count). The molecule has 0 atom stereocenters. The van der Waals surface area contributed by atoms with Gasteiger partial charge in [-0.15, -0.1) is 11.3 Å². The van der Waals surface area contributed by atoms with Gasteiger partial charge in [0.15, 0.2) is 5.58 Å². The molecule has 1 aromatic carbocycles. The van der Waals surface area contributed by atoms with Crippen LogP contribution in [0.3, 0.4) is 0 Å². The molecule has 1 fully saturated rings. The number of oxazole rings is 1. The van der Waals surface area contributed by atoms with Gasteiger partial charge < -0.3 is 9.32 Å². The molecule has 2 aromatic heterocycles. The Balaban J connectivity index is 1.52. The Labute approximate surface area is 143 Å². The number of hydrogen-bond donors (Lipinski definition) is 0. The second kappa shape index (κ2) is 6.28. The van der Waals surface area contributed by atoms with Crippen LogP contribution in [0, 0.1) is 0 Å². The SMILES string of the molecule is O=C(Cn1c(=O)oc2ccccc21)N(CCc1cccs1)C1CC1. The monoisotopic (exact) mass is 342 g/mol. The number of fused-ring (bicyclic) bond motifs is 1. The van der Waals surface area contributed by atoms with Crippen molar-refractivity contribution in [3.8, 4) is 0 Å². The predicted molar refractivity (Wildman–Crippen MR) is 93.2 cm³/mol. The molecule has 0 aliphatic heterocycles. The molecule has 1 aliphatic carbocycles. The minimum Gasteiger partial charge on any atom is -0.408 e. The number of amides is 1. The van der Waals surface area contributed by atoms with Crippen molar-refractivity contribution < 1.29 is 9.21 Å². The van der Waals surface area contributed by atoms with Crippen molar-refractivity contribution in [1.29, 1.82) is 0 Å². The molecule has 24 heavy (non-hydrogen) atoms. The molecule has 3 aromatic rings. The van der Waals surface area contributed by atoms with E-state index < -0.39 is 5.76 Å². The number of para-hydroxylation sites is 2. The first-order chi connectivity index (χ1) is 11.7. The van der Waals surface area contributed by atoms with Gasteiger partial charge >= 0.3 is 5.76 Å². The third kappa shape index (κ3) is 3.01. The molecule has 0 N–H and O–H groups in total. The minimum atomic E-state index is -0.474. The van der Waals surface area contributed by atoms with Crippen LogP contribution in [-0.2, 0) is 17.8 Å². The van der Waals surface area contributed by atoms with Crippen molar-refractivity contribution in [1.82, 2.24) is 9.47 Å². The van der Waals surface area contributed by atoms with Crippen LogP contribution in [0.25, 0.3) is 11.1 Å². The van der Waals surface area contributed by atoms with E-state index in [9.17, 15) is 9.59 Å². The fourth-order valence-corrected chi connectivity index (χ4v) is 3.67. The summed E-state index contributed by atoms with van der Waals surface area (Å²) in [6.45, 7) is 0.741. The average molecular weight is 342 g/mol. The second-order valence-electron chi connectivity index (χ2n) is 6.07. The van der Waals surface area contributed by atoms with E-state index in [2.05, 4.69) is 11.4 Å². The van der Waals surface area contributed by atoms with Gasteiger partial charge in [0.1, 0.15) is 6.54 Å². The number of benzene rings is 1. The third-order valence-corrected chi connectivity index (χ3v) is 5.29. The van der Waals surface area contributed by atoms with Crippen LogP contribution in [0.4, 0.5) is 0 Å². The van der Waals surface area contributed by atoms with Gasteiger partial charge in [-0.2, -0.15) is 0 Å². The van der Waals surface area contributed by atoms with Crippen molar-refractivity contribution in [2.24, 2.45) is 0 Å². The van der Waals surface area contributed by atoms with E-state index in [-0.39, 0.29) is 12.5 Å². The number of nitrogens with zero attached hydrogens (tertiary/aromatic N) is 2. The highest BCUT2D eigenvalue weighted by Crippen LogP contribution is 2.28. The molecule has 0 saturated heterocycles. The van der Waals surface area contributed by atoms with Gasteiger partial charge in [-0.1, -0.05) is 18.2 Å². The summed E-state index contributed by atoms with van der Waals surface area (Å²) in [5, 5.41) is 2.05. The Morgan fingerprint density at radius 3 is 2.83 bits per heavy atom. The smallest absolute Gasteiger partial charge is 0.408 e. The number of rotatable bonds is 6. The molecule has 2 heterocycles. The van der Waals surface area contributed by atoms with Crippen LogP contribution < -0.4 is 5.76 Å². The number of hydrogen-bond acceptors (Lipinski definition) is 4. The van der Waals surface area contributed by atoms with E-state index in [0.717, 1.165) is 19.3 Å². The average Bonchev–Trinajstić information content (AvgIpc) is 3.18. The highest BCUT2D eigenvalue weighted by Gasteiger charge is 2.32. The largest absolute Gasteiger partial charge is 0.420 e. The van der Waals surface area contributed by atoms with E-state index in [1.54, 1.807) is 23.5 Å². The Morgan fingerprint density at radius 2 is 2.08 bits per heavy atom. The van der Waals surface area contributed by atoms with Crippen molar-refractivity contribution in [2.75, 3.05) is 6.54 Å². The highest BCUT2D eigenvalue weighted by atomic mass is 32.1. The van der Waals surface area contributed by atoms with Crippen molar-refractivity contribution in [3.63, 3.8) is 0 Å². The fraction of sp³-hybridized carbons (Fsp3) is 0.333. The number of thiophene rings is 1. The molecule has 0 spiro atoms. The lowest BCUT2D eigenvalue weighted by Gasteiger charge is -2.22. The summed E-state index contributed by atoms with van der Waals surface area (Å²) < 4.78 is 6.64. The Hall–Kier alpha value is -2.34. The van der Waals surface area contributed by atoms with Gasteiger partial charge in [-0.05, 0) is 42.8 Å². The van der Waals surface area contributed by atoms with Gasteiger partial charge in [-0.25, -0.2) is 4.79 Å². The maximum Gasteiger partial charge on any atom is 0.420 e. The Morgan fingerprint density at radius 1 is 1.25 bits per heavy atom. The zero-order valence-electron chi connectivity index (χ0n) is 13.2. The molecule has 124 valence electrons. The molecule has 5 nitrogen and oxygen atoms in total. The van der Waals surface area contributed by atoms with Gasteiger partial charge in [-0.3, -0.25) is 9.36 Å². The van der Waals surface area contributed by atoms with Crippen LogP contribution >= 0.6 is 11.3 Å². The van der Waals surface area contributed by atoms with Crippen LogP contribution in [-0.4, -0.2) is 28.0 Å². The van der Waals surface area contributed by atoms with Crippen molar-refractivity contribution in [2.45, 2.75) is 31.8 Å². The minimum absolute atomic E-state index is 0.0114. The summed E-state index contributed by atoms with van der Waals surface area (Å²) in [4.78, 5) is 28.0. The summed E-state index contributed by atoms with van der Waals surface area (Å²) >= 11 is 1.71. The van der Waals surface area contributed by atoms with E-state index in [4.69, 9.17) is 4.42 Å². The molecule has 0 radical (unpaired) electrons. The summed E-state index contributed by atoms with van der Waals surface area (Å²) in [6.07, 6.45) is 2.97. The summed E-state index contributed by atoms with van der Waals surface area (Å²) in [6, 6.07) is 11.6. The topological polar surface area (TPSA) is 55.5 Å². The van der Waals surface area contributed by atoms with Crippen LogP contribution in [0.1, 0.15) is 17.7 Å². The van der Waals surface area contributed by atoms with Crippen molar-refractivity contribution in [3.05, 3.63) is 57.2 Å². The van der Waals surface area contributed by atoms with Gasteiger partial charge in [0.05, 0.1) is 5.52 Å². The first-order valence-corrected chi connectivity index (χ1v) is 9.00. The molecule has 0 bridgehead atoms. The number of aromatic nitrogens is 1. The van der Waals surface area contributed by atoms with Crippen LogP contribution in [0.5, 0.6) is 0 Å². The third-order valence-electron chi connectivity index (χ3n) is 4.35. The Kier molecular flexibility index (Phi) is 3.98. The normalized spacial score (nSPS) is 14.2. The quantitative estimate of drug-likeness (QED) is 0.692. The second-order valence-corrected chi connectivity index (χ2v) is 7.10. The molecular formula is C18H18N2O3S. The van der Waals surface area contributed by atoms with Crippen LogP contribution in [0.2, 0.25) is 0 Å². The first-order valence-electron chi connectivity index (χ1n) is 8.12. The zero-order valence-corrected chi connectivity index (χ0v) is 14.0. The molecule has 1 saturated carbocycles. The van der Waals surface area contributed by atoms with Gasteiger partial charge in [0.25, 0.3) is 0 Å². The molecule has 1 amide bonds. The summed E-state index contributed by atoms with van der Waals surface area (Å²) in [5.74, 6) is -0.485. The Bertz CT molecular complexity index is 906. The fourth-order valence-electron chi connectivity index (χ4n) is 2.97. The predicted octanol–water partition coefficient (Wildman–Crippen LogP) is 2.89.